The summed E-state index contributed by atoms with van der Waals surface area (Å²) in [6.07, 6.45) is 0. The zero-order chi connectivity index (χ0) is 12.7. The van der Waals surface area contributed by atoms with Crippen LogP contribution in [0.5, 0.6) is 0 Å². The van der Waals surface area contributed by atoms with E-state index in [1.54, 1.807) is 17.4 Å². The zero-order valence-corrected chi connectivity index (χ0v) is 10.4. The molecule has 3 aromatic rings. The fourth-order valence-corrected chi connectivity index (χ4v) is 2.99. The molecule has 0 unspecified atom stereocenters. The van der Waals surface area contributed by atoms with Gasteiger partial charge in [0.25, 0.3) is 0 Å². The standard InChI is InChI=1S/C13H10N2O2S/c1-7-3-2-4-8-5-11(18-12(7)8)9-6-10(13(16)17)15-14-9/h2-6H,1H3,(H,14,15)(H,16,17). The van der Waals surface area contributed by atoms with Crippen molar-refractivity contribution in [1.29, 1.82) is 0 Å². The van der Waals surface area contributed by atoms with Crippen LogP contribution in [0, 0.1) is 6.92 Å². The largest absolute Gasteiger partial charge is 0.476 e. The van der Waals surface area contributed by atoms with E-state index in [4.69, 9.17) is 5.11 Å². The molecule has 0 fully saturated rings. The van der Waals surface area contributed by atoms with E-state index in [2.05, 4.69) is 29.3 Å². The Balaban J connectivity index is 2.13. The number of nitrogens with zero attached hydrogens (tertiary/aromatic N) is 1. The van der Waals surface area contributed by atoms with Crippen LogP contribution in [0.1, 0.15) is 16.1 Å². The number of carboxylic acid groups (broad SMARTS) is 1. The molecule has 18 heavy (non-hydrogen) atoms. The molecule has 0 aliphatic heterocycles. The fourth-order valence-electron chi connectivity index (χ4n) is 1.90. The maximum atomic E-state index is 10.8. The lowest BCUT2D eigenvalue weighted by Crippen LogP contribution is -1.95. The van der Waals surface area contributed by atoms with E-state index in [0.29, 0.717) is 0 Å². The van der Waals surface area contributed by atoms with Gasteiger partial charge in [0.15, 0.2) is 5.69 Å². The van der Waals surface area contributed by atoms with Crippen molar-refractivity contribution in [1.82, 2.24) is 10.2 Å². The second kappa shape index (κ2) is 3.96. The number of nitrogens with one attached hydrogen (secondary N) is 1. The number of hydrogen-bond acceptors (Lipinski definition) is 3. The molecule has 90 valence electrons. The number of aryl methyl sites for hydroxylation is 1. The number of aromatic carboxylic acids is 1. The smallest absolute Gasteiger partial charge is 0.356 e. The Bertz CT molecular complexity index is 742. The molecule has 0 saturated carbocycles. The number of thiophene rings is 1. The van der Waals surface area contributed by atoms with E-state index in [0.717, 1.165) is 10.6 Å². The Morgan fingerprint density at radius 2 is 2.22 bits per heavy atom. The average molecular weight is 258 g/mol. The van der Waals surface area contributed by atoms with E-state index in [1.807, 2.05) is 12.1 Å². The van der Waals surface area contributed by atoms with Crippen LogP contribution in [0.25, 0.3) is 20.7 Å². The van der Waals surface area contributed by atoms with Crippen LogP contribution >= 0.6 is 11.3 Å². The normalized spacial score (nSPS) is 10.9. The van der Waals surface area contributed by atoms with Gasteiger partial charge < -0.3 is 5.11 Å². The molecule has 0 spiro atoms. The summed E-state index contributed by atoms with van der Waals surface area (Å²) >= 11 is 1.64. The third-order valence-corrected chi connectivity index (χ3v) is 4.12. The first-order valence-electron chi connectivity index (χ1n) is 5.43. The predicted molar refractivity (Wildman–Crippen MR) is 71.1 cm³/mol. The van der Waals surface area contributed by atoms with Crippen LogP contribution in [0.3, 0.4) is 0 Å². The number of H-pyrrole nitrogens is 1. The number of hydrogen-bond donors (Lipinski definition) is 2. The summed E-state index contributed by atoms with van der Waals surface area (Å²) in [7, 11) is 0. The highest BCUT2D eigenvalue weighted by atomic mass is 32.1. The van der Waals surface area contributed by atoms with Gasteiger partial charge >= 0.3 is 5.97 Å². The minimum Gasteiger partial charge on any atom is -0.476 e. The minimum atomic E-state index is -1.02. The van der Waals surface area contributed by atoms with E-state index < -0.39 is 5.97 Å². The highest BCUT2D eigenvalue weighted by Gasteiger charge is 2.12. The molecule has 0 aliphatic carbocycles. The van der Waals surface area contributed by atoms with Gasteiger partial charge in [0, 0.05) is 4.70 Å². The summed E-state index contributed by atoms with van der Waals surface area (Å²) in [6.45, 7) is 2.07. The third-order valence-electron chi connectivity index (χ3n) is 2.80. The lowest BCUT2D eigenvalue weighted by Gasteiger charge is -1.91. The summed E-state index contributed by atoms with van der Waals surface area (Å²) in [5.41, 5.74) is 2.01. The van der Waals surface area contributed by atoms with Crippen molar-refractivity contribution in [2.75, 3.05) is 0 Å². The Morgan fingerprint density at radius 3 is 2.89 bits per heavy atom. The van der Waals surface area contributed by atoms with Crippen molar-refractivity contribution in [2.45, 2.75) is 6.92 Å². The van der Waals surface area contributed by atoms with Gasteiger partial charge in [-0.2, -0.15) is 5.10 Å². The molecule has 2 N–H and O–H groups in total. The van der Waals surface area contributed by atoms with E-state index in [-0.39, 0.29) is 5.69 Å². The summed E-state index contributed by atoms with van der Waals surface area (Å²) in [6, 6.07) is 9.74. The number of aromatic nitrogens is 2. The summed E-state index contributed by atoms with van der Waals surface area (Å²) in [4.78, 5) is 11.8. The molecule has 2 heterocycles. The number of rotatable bonds is 2. The van der Waals surface area contributed by atoms with Crippen LogP contribution in [-0.4, -0.2) is 21.3 Å². The minimum absolute atomic E-state index is 0.0409. The monoisotopic (exact) mass is 258 g/mol. The molecule has 4 nitrogen and oxygen atoms in total. The molecule has 1 aromatic carbocycles. The van der Waals surface area contributed by atoms with Gasteiger partial charge in [-0.25, -0.2) is 4.79 Å². The van der Waals surface area contributed by atoms with Crippen molar-refractivity contribution in [3.63, 3.8) is 0 Å². The molecule has 0 amide bonds. The lowest BCUT2D eigenvalue weighted by molar-refractivity contribution is 0.0690. The number of benzene rings is 1. The van der Waals surface area contributed by atoms with Gasteiger partial charge in [0.2, 0.25) is 0 Å². The second-order valence-electron chi connectivity index (χ2n) is 4.08. The van der Waals surface area contributed by atoms with Gasteiger partial charge in [-0.1, -0.05) is 18.2 Å². The molecule has 3 rings (SSSR count). The zero-order valence-electron chi connectivity index (χ0n) is 9.60. The Hall–Kier alpha value is -2.14. The first-order chi connectivity index (χ1) is 8.65. The van der Waals surface area contributed by atoms with Crippen molar-refractivity contribution in [3.8, 4) is 10.6 Å². The van der Waals surface area contributed by atoms with Gasteiger partial charge in [-0.05, 0) is 30.0 Å². The average Bonchev–Trinajstić information content (AvgIpc) is 2.95. The lowest BCUT2D eigenvalue weighted by atomic mass is 10.2. The SMILES string of the molecule is Cc1cccc2cc(-c3cc(C(=O)O)n[nH]3)sc12. The highest BCUT2D eigenvalue weighted by Crippen LogP contribution is 2.34. The van der Waals surface area contributed by atoms with E-state index in [9.17, 15) is 4.79 Å². The highest BCUT2D eigenvalue weighted by molar-refractivity contribution is 7.22. The molecule has 0 saturated heterocycles. The third kappa shape index (κ3) is 1.69. The van der Waals surface area contributed by atoms with Crippen LogP contribution in [0.4, 0.5) is 0 Å². The van der Waals surface area contributed by atoms with Gasteiger partial charge in [0.1, 0.15) is 0 Å². The summed E-state index contributed by atoms with van der Waals surface area (Å²) in [5, 5.41) is 16.5. The number of aromatic amines is 1. The summed E-state index contributed by atoms with van der Waals surface area (Å²) < 4.78 is 1.22. The Kier molecular flexibility index (Phi) is 2.41. The van der Waals surface area contributed by atoms with E-state index in [1.165, 1.54) is 15.6 Å². The maximum absolute atomic E-state index is 10.8. The topological polar surface area (TPSA) is 66.0 Å². The number of fused-ring (bicyclic) bond motifs is 1. The van der Waals surface area contributed by atoms with Gasteiger partial charge in [-0.3, -0.25) is 5.10 Å². The molecule has 5 heteroatoms. The summed E-state index contributed by atoms with van der Waals surface area (Å²) in [5.74, 6) is -1.02. The first-order valence-corrected chi connectivity index (χ1v) is 6.25. The van der Waals surface area contributed by atoms with Crippen LogP contribution in [0.2, 0.25) is 0 Å². The molecular formula is C13H10N2O2S. The Labute approximate surface area is 107 Å². The molecule has 0 bridgehead atoms. The van der Waals surface area contributed by atoms with Crippen molar-refractivity contribution >= 4 is 27.4 Å². The molecule has 0 aliphatic rings. The van der Waals surface area contributed by atoms with E-state index >= 15 is 0 Å². The van der Waals surface area contributed by atoms with Gasteiger partial charge in [-0.15, -0.1) is 11.3 Å². The molecule has 0 atom stereocenters. The van der Waals surface area contributed by atoms with Crippen LogP contribution in [0.15, 0.2) is 30.3 Å². The first kappa shape index (κ1) is 11.0. The van der Waals surface area contributed by atoms with Crippen LogP contribution in [-0.2, 0) is 0 Å². The Morgan fingerprint density at radius 1 is 1.39 bits per heavy atom. The van der Waals surface area contributed by atoms with Gasteiger partial charge in [0.05, 0.1) is 10.6 Å². The van der Waals surface area contributed by atoms with Crippen molar-refractivity contribution < 1.29 is 9.90 Å². The number of carbonyl (C=O) groups is 1. The van der Waals surface area contributed by atoms with Crippen molar-refractivity contribution in [3.05, 3.63) is 41.6 Å². The fraction of sp³-hybridized carbons (Fsp3) is 0.0769. The maximum Gasteiger partial charge on any atom is 0.356 e. The van der Waals surface area contributed by atoms with Crippen molar-refractivity contribution in [2.24, 2.45) is 0 Å². The molecular weight excluding hydrogens is 248 g/mol. The quantitative estimate of drug-likeness (QED) is 0.741. The molecule has 2 aromatic heterocycles. The predicted octanol–water partition coefficient (Wildman–Crippen LogP) is 3.30. The molecule has 0 radical (unpaired) electrons. The van der Waals surface area contributed by atoms with Crippen LogP contribution < -0.4 is 0 Å². The number of carboxylic acids is 1. The second-order valence-corrected chi connectivity index (χ2v) is 5.13.